The molecule has 0 amide bonds. The second-order valence-electron chi connectivity index (χ2n) is 4.07. The topological polar surface area (TPSA) is 107 Å². The van der Waals surface area contributed by atoms with Crippen molar-refractivity contribution >= 4 is 11.9 Å². The van der Waals surface area contributed by atoms with Gasteiger partial charge in [0.05, 0.1) is 32.2 Å². The predicted octanol–water partition coefficient (Wildman–Crippen LogP) is -0.199. The molecule has 0 aliphatic rings. The van der Waals surface area contributed by atoms with Crippen molar-refractivity contribution in [3.05, 3.63) is 12.7 Å². The van der Waals surface area contributed by atoms with E-state index in [9.17, 15) is 14.7 Å². The van der Waals surface area contributed by atoms with Crippen molar-refractivity contribution in [2.45, 2.75) is 18.9 Å². The normalized spacial score (nSPS) is 12.3. The second-order valence-corrected chi connectivity index (χ2v) is 4.07. The summed E-state index contributed by atoms with van der Waals surface area (Å²) in [5.74, 6) is -1.92. The Morgan fingerprint density at radius 2 is 1.74 bits per heavy atom. The second kappa shape index (κ2) is 10.5. The highest BCUT2D eigenvalue weighted by atomic mass is 16.5. The zero-order valence-electron chi connectivity index (χ0n) is 10.8. The molecule has 0 spiro atoms. The molecule has 7 heteroatoms. The standard InChI is InChI=1S/C12H21NO6/c1-2-7-19-9-10(14)8-13(5-3-11(15)16)6-4-12(17)18/h2,10,14H,1,3-9H2,(H,15,16)(H,17,18). The van der Waals surface area contributed by atoms with E-state index < -0.39 is 18.0 Å². The third-order valence-corrected chi connectivity index (χ3v) is 2.30. The summed E-state index contributed by atoms with van der Waals surface area (Å²) in [4.78, 5) is 22.6. The number of carbonyl (C=O) groups is 2. The maximum absolute atomic E-state index is 10.5. The Morgan fingerprint density at radius 1 is 1.21 bits per heavy atom. The quantitative estimate of drug-likeness (QED) is 0.334. The van der Waals surface area contributed by atoms with Crippen LogP contribution in [0, 0.1) is 0 Å². The van der Waals surface area contributed by atoms with Crippen LogP contribution < -0.4 is 0 Å². The lowest BCUT2D eigenvalue weighted by Crippen LogP contribution is -2.37. The van der Waals surface area contributed by atoms with Crippen LogP contribution in [0.2, 0.25) is 0 Å². The molecule has 0 aromatic rings. The Hall–Kier alpha value is -1.44. The fourth-order valence-corrected chi connectivity index (χ4v) is 1.44. The highest BCUT2D eigenvalue weighted by molar-refractivity contribution is 5.67. The van der Waals surface area contributed by atoms with E-state index in [2.05, 4.69) is 6.58 Å². The Bertz CT molecular complexity index is 276. The van der Waals surface area contributed by atoms with Crippen molar-refractivity contribution in [3.63, 3.8) is 0 Å². The number of aliphatic hydroxyl groups excluding tert-OH is 1. The lowest BCUT2D eigenvalue weighted by molar-refractivity contribution is -0.137. The molecule has 1 atom stereocenters. The third kappa shape index (κ3) is 11.4. The molecular formula is C12H21NO6. The summed E-state index contributed by atoms with van der Waals surface area (Å²) in [5, 5.41) is 26.9. The van der Waals surface area contributed by atoms with E-state index in [-0.39, 0.29) is 39.1 Å². The van der Waals surface area contributed by atoms with Crippen molar-refractivity contribution < 1.29 is 29.6 Å². The fraction of sp³-hybridized carbons (Fsp3) is 0.667. The SMILES string of the molecule is C=CCOCC(O)CN(CCC(=O)O)CCC(=O)O. The van der Waals surface area contributed by atoms with Crippen molar-refractivity contribution in [2.75, 3.05) is 32.8 Å². The summed E-state index contributed by atoms with van der Waals surface area (Å²) in [7, 11) is 0. The molecule has 0 aromatic heterocycles. The van der Waals surface area contributed by atoms with E-state index in [1.807, 2.05) is 0 Å². The van der Waals surface area contributed by atoms with E-state index in [4.69, 9.17) is 14.9 Å². The number of aliphatic hydroxyl groups is 1. The summed E-state index contributed by atoms with van der Waals surface area (Å²) < 4.78 is 5.07. The van der Waals surface area contributed by atoms with Crippen LogP contribution >= 0.6 is 0 Å². The van der Waals surface area contributed by atoms with Crippen molar-refractivity contribution in [2.24, 2.45) is 0 Å². The number of carboxylic acids is 2. The molecule has 0 rings (SSSR count). The molecule has 0 saturated heterocycles. The summed E-state index contributed by atoms with van der Waals surface area (Å²) in [6, 6.07) is 0. The molecule has 3 N–H and O–H groups in total. The number of rotatable bonds is 12. The van der Waals surface area contributed by atoms with Gasteiger partial charge in [0.25, 0.3) is 0 Å². The van der Waals surface area contributed by atoms with Crippen LogP contribution in [0.1, 0.15) is 12.8 Å². The van der Waals surface area contributed by atoms with Crippen LogP contribution in [0.3, 0.4) is 0 Å². The molecule has 19 heavy (non-hydrogen) atoms. The average Bonchev–Trinajstić information content (AvgIpc) is 2.32. The highest BCUT2D eigenvalue weighted by Crippen LogP contribution is 1.99. The Kier molecular flexibility index (Phi) is 9.69. The average molecular weight is 275 g/mol. The van der Waals surface area contributed by atoms with Gasteiger partial charge in [-0.1, -0.05) is 6.08 Å². The Labute approximate surface area is 112 Å². The first-order valence-electron chi connectivity index (χ1n) is 5.98. The van der Waals surface area contributed by atoms with Crippen molar-refractivity contribution in [1.82, 2.24) is 4.90 Å². The first-order valence-corrected chi connectivity index (χ1v) is 5.98. The largest absolute Gasteiger partial charge is 0.481 e. The smallest absolute Gasteiger partial charge is 0.304 e. The van der Waals surface area contributed by atoms with Gasteiger partial charge in [0, 0.05) is 19.6 Å². The number of hydrogen-bond donors (Lipinski definition) is 3. The van der Waals surface area contributed by atoms with Crippen LogP contribution in [0.4, 0.5) is 0 Å². The summed E-state index contributed by atoms with van der Waals surface area (Å²) >= 11 is 0. The van der Waals surface area contributed by atoms with Crippen molar-refractivity contribution in [1.29, 1.82) is 0 Å². The summed E-state index contributed by atoms with van der Waals surface area (Å²) in [6.07, 6.45) is 0.571. The first-order chi connectivity index (χ1) is 8.95. The highest BCUT2D eigenvalue weighted by Gasteiger charge is 2.14. The van der Waals surface area contributed by atoms with Gasteiger partial charge in [-0.2, -0.15) is 0 Å². The van der Waals surface area contributed by atoms with E-state index in [0.29, 0.717) is 6.61 Å². The van der Waals surface area contributed by atoms with Gasteiger partial charge in [-0.3, -0.25) is 14.5 Å². The molecule has 0 aliphatic heterocycles. The maximum Gasteiger partial charge on any atom is 0.304 e. The number of hydrogen-bond acceptors (Lipinski definition) is 5. The van der Waals surface area contributed by atoms with E-state index in [1.165, 1.54) is 0 Å². The van der Waals surface area contributed by atoms with E-state index in [1.54, 1.807) is 11.0 Å². The molecule has 0 bridgehead atoms. The fourth-order valence-electron chi connectivity index (χ4n) is 1.44. The van der Waals surface area contributed by atoms with Gasteiger partial charge < -0.3 is 20.1 Å². The number of carboxylic acid groups (broad SMARTS) is 2. The number of nitrogens with zero attached hydrogens (tertiary/aromatic N) is 1. The van der Waals surface area contributed by atoms with Gasteiger partial charge in [0.1, 0.15) is 0 Å². The summed E-state index contributed by atoms with van der Waals surface area (Å²) in [5.41, 5.74) is 0. The van der Waals surface area contributed by atoms with E-state index >= 15 is 0 Å². The third-order valence-electron chi connectivity index (χ3n) is 2.30. The lowest BCUT2D eigenvalue weighted by atomic mass is 10.2. The molecule has 0 aliphatic carbocycles. The van der Waals surface area contributed by atoms with Crippen LogP contribution in [0.15, 0.2) is 12.7 Å². The molecule has 0 radical (unpaired) electrons. The number of ether oxygens (including phenoxy) is 1. The van der Waals surface area contributed by atoms with Crippen LogP contribution in [0.25, 0.3) is 0 Å². The maximum atomic E-state index is 10.5. The van der Waals surface area contributed by atoms with Crippen molar-refractivity contribution in [3.8, 4) is 0 Å². The van der Waals surface area contributed by atoms with Gasteiger partial charge in [0.15, 0.2) is 0 Å². The predicted molar refractivity (Wildman–Crippen MR) is 68.0 cm³/mol. The zero-order valence-corrected chi connectivity index (χ0v) is 10.8. The van der Waals surface area contributed by atoms with Crippen LogP contribution in [0.5, 0.6) is 0 Å². The molecule has 0 heterocycles. The van der Waals surface area contributed by atoms with Gasteiger partial charge >= 0.3 is 11.9 Å². The minimum absolute atomic E-state index is 0.0974. The monoisotopic (exact) mass is 275 g/mol. The zero-order chi connectivity index (χ0) is 14.7. The first kappa shape index (κ1) is 17.6. The molecule has 0 fully saturated rings. The van der Waals surface area contributed by atoms with Gasteiger partial charge in [-0.05, 0) is 0 Å². The minimum Gasteiger partial charge on any atom is -0.481 e. The van der Waals surface area contributed by atoms with Crippen LogP contribution in [-0.4, -0.2) is 71.1 Å². The van der Waals surface area contributed by atoms with Crippen LogP contribution in [-0.2, 0) is 14.3 Å². The molecule has 0 saturated carbocycles. The number of aliphatic carboxylic acids is 2. The molecule has 0 aromatic carbocycles. The molecule has 7 nitrogen and oxygen atoms in total. The summed E-state index contributed by atoms with van der Waals surface area (Å²) in [6.45, 7) is 4.46. The molecular weight excluding hydrogens is 254 g/mol. The van der Waals surface area contributed by atoms with Gasteiger partial charge in [-0.25, -0.2) is 0 Å². The molecule has 110 valence electrons. The van der Waals surface area contributed by atoms with Gasteiger partial charge in [0.2, 0.25) is 0 Å². The molecule has 1 unspecified atom stereocenters. The Balaban J connectivity index is 4.10. The minimum atomic E-state index is -0.960. The lowest BCUT2D eigenvalue weighted by Gasteiger charge is -2.23. The Morgan fingerprint density at radius 3 is 2.16 bits per heavy atom. The van der Waals surface area contributed by atoms with Gasteiger partial charge in [-0.15, -0.1) is 6.58 Å². The van der Waals surface area contributed by atoms with E-state index in [0.717, 1.165) is 0 Å².